The van der Waals surface area contributed by atoms with Crippen molar-refractivity contribution in [1.29, 1.82) is 0 Å². The smallest absolute Gasteiger partial charge is 0.290 e. The Bertz CT molecular complexity index is 1280. The zero-order chi connectivity index (χ0) is 26.9. The van der Waals surface area contributed by atoms with E-state index in [4.69, 9.17) is 31.0 Å². The molecule has 38 heavy (non-hydrogen) atoms. The number of benzene rings is 2. The molecule has 0 spiro atoms. The first-order valence-corrected chi connectivity index (χ1v) is 12.4. The molecule has 12 heteroatoms. The molecule has 3 heterocycles. The third-order valence-corrected chi connectivity index (χ3v) is 6.21. The average Bonchev–Trinajstić information content (AvgIpc) is 3.57. The van der Waals surface area contributed by atoms with E-state index in [2.05, 4.69) is 15.3 Å². The molecule has 0 aliphatic carbocycles. The average molecular weight is 542 g/mol. The van der Waals surface area contributed by atoms with E-state index in [9.17, 15) is 9.59 Å². The molecule has 0 radical (unpaired) electrons. The molecule has 2 amide bonds. The molecule has 2 aliphatic heterocycles. The molecule has 0 saturated carbocycles. The highest BCUT2D eigenvalue weighted by molar-refractivity contribution is 6.30. The maximum atomic E-state index is 13.0. The predicted octanol–water partition coefficient (Wildman–Crippen LogP) is 2.13. The van der Waals surface area contributed by atoms with Crippen LogP contribution >= 0.6 is 11.6 Å². The summed E-state index contributed by atoms with van der Waals surface area (Å²) in [6.07, 6.45) is 0. The van der Waals surface area contributed by atoms with E-state index in [-0.39, 0.29) is 37.2 Å². The number of halogens is 1. The van der Waals surface area contributed by atoms with Crippen molar-refractivity contribution in [2.75, 3.05) is 52.7 Å². The van der Waals surface area contributed by atoms with Gasteiger partial charge in [-0.3, -0.25) is 19.3 Å². The number of carbonyl (C=O) groups is 3. The lowest BCUT2D eigenvalue weighted by molar-refractivity contribution is -0.123. The van der Waals surface area contributed by atoms with Gasteiger partial charge in [-0.05, 0) is 36.4 Å². The fourth-order valence-corrected chi connectivity index (χ4v) is 4.32. The van der Waals surface area contributed by atoms with E-state index in [1.54, 1.807) is 22.9 Å². The van der Waals surface area contributed by atoms with Crippen LogP contribution in [0.15, 0.2) is 54.6 Å². The van der Waals surface area contributed by atoms with Crippen molar-refractivity contribution in [3.05, 3.63) is 65.3 Å². The summed E-state index contributed by atoms with van der Waals surface area (Å²) in [6, 6.07) is 16.7. The molecule has 0 atom stereocenters. The Kier molecular flexibility index (Phi) is 9.30. The van der Waals surface area contributed by atoms with Gasteiger partial charge in [-0.15, -0.1) is 0 Å². The Morgan fingerprint density at radius 2 is 1.92 bits per heavy atom. The minimum Gasteiger partial charge on any atom is -0.492 e. The van der Waals surface area contributed by atoms with Crippen LogP contribution in [0.1, 0.15) is 10.5 Å². The number of rotatable bonds is 7. The van der Waals surface area contributed by atoms with Gasteiger partial charge in [0.1, 0.15) is 18.9 Å². The third kappa shape index (κ3) is 6.88. The second-order valence-corrected chi connectivity index (χ2v) is 8.94. The summed E-state index contributed by atoms with van der Waals surface area (Å²) in [7, 11) is 0. The topological polar surface area (TPSA) is 126 Å². The summed E-state index contributed by atoms with van der Waals surface area (Å²) >= 11 is 6.23. The zero-order valence-electron chi connectivity index (χ0n) is 20.6. The minimum atomic E-state index is -0.316. The molecular weight excluding hydrogens is 514 g/mol. The second-order valence-electron chi connectivity index (χ2n) is 8.50. The standard InChI is InChI=1S/C25H26ClN5O4.CH2O2/c26-19-4-2-5-20(14-19)31-23(15-22(28-31)25(33)30-16-24(32)27-17-30)18-3-1-6-21(13-18)35-12-9-29-7-10-34-11-8-29;2-1-3/h1-6,13-15H,7-12,16-17H2,(H,27,32);1H,(H,2,3). The molecule has 2 saturated heterocycles. The highest BCUT2D eigenvalue weighted by Crippen LogP contribution is 2.28. The molecule has 0 unspecified atom stereocenters. The van der Waals surface area contributed by atoms with Crippen LogP contribution in [0.2, 0.25) is 5.02 Å². The number of nitrogens with one attached hydrogen (secondary N) is 1. The SMILES string of the molecule is O=C1CN(C(=O)c2cc(-c3cccc(OCCN4CCOCC4)c3)n(-c3cccc(Cl)c3)n2)CN1.O=CO. The Labute approximate surface area is 224 Å². The highest BCUT2D eigenvalue weighted by Gasteiger charge is 2.27. The first kappa shape index (κ1) is 27.1. The van der Waals surface area contributed by atoms with Gasteiger partial charge >= 0.3 is 0 Å². The van der Waals surface area contributed by atoms with E-state index in [1.165, 1.54) is 4.90 Å². The molecule has 2 aliphatic rings. The van der Waals surface area contributed by atoms with Crippen molar-refractivity contribution in [2.24, 2.45) is 0 Å². The van der Waals surface area contributed by atoms with Gasteiger partial charge in [0.05, 0.1) is 31.3 Å². The van der Waals surface area contributed by atoms with Crippen molar-refractivity contribution < 1.29 is 29.0 Å². The van der Waals surface area contributed by atoms with E-state index in [0.717, 1.165) is 49.8 Å². The predicted molar refractivity (Wildman–Crippen MR) is 140 cm³/mol. The Hall–Kier alpha value is -3.93. The number of aromatic nitrogens is 2. The molecule has 3 aromatic rings. The van der Waals surface area contributed by atoms with Crippen LogP contribution in [0.4, 0.5) is 0 Å². The largest absolute Gasteiger partial charge is 0.492 e. The number of ether oxygens (including phenoxy) is 2. The second kappa shape index (κ2) is 13.0. The van der Waals surface area contributed by atoms with E-state index in [1.807, 2.05) is 36.4 Å². The molecule has 1 aromatic heterocycles. The van der Waals surface area contributed by atoms with Crippen LogP contribution < -0.4 is 10.1 Å². The first-order valence-electron chi connectivity index (χ1n) is 12.0. The number of carboxylic acid groups (broad SMARTS) is 1. The van der Waals surface area contributed by atoms with Crippen LogP contribution in [-0.4, -0.2) is 95.6 Å². The molecule has 2 N–H and O–H groups in total. The summed E-state index contributed by atoms with van der Waals surface area (Å²) in [5.41, 5.74) is 2.53. The molecule has 2 fully saturated rings. The van der Waals surface area contributed by atoms with Crippen molar-refractivity contribution in [2.45, 2.75) is 0 Å². The number of hydrogen-bond acceptors (Lipinski definition) is 7. The van der Waals surface area contributed by atoms with Gasteiger partial charge < -0.3 is 24.8 Å². The molecular formula is C26H28ClN5O6. The van der Waals surface area contributed by atoms with Crippen molar-refractivity contribution in [3.8, 4) is 22.7 Å². The Morgan fingerprint density at radius 3 is 2.63 bits per heavy atom. The van der Waals surface area contributed by atoms with E-state index >= 15 is 0 Å². The van der Waals surface area contributed by atoms with E-state index in [0.29, 0.717) is 17.3 Å². The lowest BCUT2D eigenvalue weighted by atomic mass is 10.1. The molecule has 5 rings (SSSR count). The van der Waals surface area contributed by atoms with Crippen LogP contribution in [0.3, 0.4) is 0 Å². The first-order chi connectivity index (χ1) is 18.5. The quantitative estimate of drug-likeness (QED) is 0.436. The van der Waals surface area contributed by atoms with Gasteiger partial charge in [-0.2, -0.15) is 5.10 Å². The minimum absolute atomic E-state index is 0.0185. The Morgan fingerprint density at radius 1 is 1.16 bits per heavy atom. The van der Waals surface area contributed by atoms with Crippen LogP contribution in [0.5, 0.6) is 5.75 Å². The summed E-state index contributed by atoms with van der Waals surface area (Å²) in [5.74, 6) is 0.231. The molecule has 2 aromatic carbocycles. The fraction of sp³-hybridized carbons (Fsp3) is 0.308. The van der Waals surface area contributed by atoms with Crippen molar-refractivity contribution in [3.63, 3.8) is 0 Å². The van der Waals surface area contributed by atoms with Gasteiger partial charge in [-0.1, -0.05) is 29.8 Å². The molecule has 0 bridgehead atoms. The van der Waals surface area contributed by atoms with Gasteiger partial charge in [0, 0.05) is 30.2 Å². The maximum Gasteiger partial charge on any atom is 0.290 e. The van der Waals surface area contributed by atoms with Gasteiger partial charge in [0.25, 0.3) is 12.4 Å². The lowest BCUT2D eigenvalue weighted by Crippen LogP contribution is -2.38. The number of nitrogens with zero attached hydrogens (tertiary/aromatic N) is 4. The monoisotopic (exact) mass is 541 g/mol. The van der Waals surface area contributed by atoms with Gasteiger partial charge in [0.2, 0.25) is 5.91 Å². The lowest BCUT2D eigenvalue weighted by Gasteiger charge is -2.26. The number of amides is 2. The van der Waals surface area contributed by atoms with Crippen molar-refractivity contribution >= 4 is 29.9 Å². The summed E-state index contributed by atoms with van der Waals surface area (Å²) in [4.78, 5) is 36.7. The number of carbonyl (C=O) groups excluding carboxylic acids is 2. The van der Waals surface area contributed by atoms with Gasteiger partial charge in [-0.25, -0.2) is 4.68 Å². The van der Waals surface area contributed by atoms with Crippen molar-refractivity contribution in [1.82, 2.24) is 24.9 Å². The van der Waals surface area contributed by atoms with Crippen LogP contribution in [0, 0.1) is 0 Å². The van der Waals surface area contributed by atoms with Crippen LogP contribution in [0.25, 0.3) is 16.9 Å². The fourth-order valence-electron chi connectivity index (χ4n) is 4.13. The Balaban J connectivity index is 0.00000107. The van der Waals surface area contributed by atoms with Gasteiger partial charge in [0.15, 0.2) is 5.69 Å². The summed E-state index contributed by atoms with van der Waals surface area (Å²) in [6.45, 7) is 4.67. The number of hydrogen-bond donors (Lipinski definition) is 2. The normalized spacial score (nSPS) is 15.4. The third-order valence-electron chi connectivity index (χ3n) is 5.98. The maximum absolute atomic E-state index is 13.0. The molecule has 200 valence electrons. The summed E-state index contributed by atoms with van der Waals surface area (Å²) in [5, 5.41) is 14.7. The zero-order valence-corrected chi connectivity index (χ0v) is 21.3. The van der Waals surface area contributed by atoms with Crippen LogP contribution in [-0.2, 0) is 14.3 Å². The van der Waals surface area contributed by atoms with E-state index < -0.39 is 0 Å². The number of morpholine rings is 1. The summed E-state index contributed by atoms with van der Waals surface area (Å²) < 4.78 is 13.1. The highest BCUT2D eigenvalue weighted by atomic mass is 35.5. The molecule has 11 nitrogen and oxygen atoms in total.